The Hall–Kier alpha value is -1.75. The number of rotatable bonds is 12. The summed E-state index contributed by atoms with van der Waals surface area (Å²) in [5.41, 5.74) is 1.03. The number of methoxy groups -OCH3 is 1. The van der Waals surface area contributed by atoms with Crippen molar-refractivity contribution in [1.29, 1.82) is 0 Å². The second kappa shape index (κ2) is 13.2. The molecule has 0 N–H and O–H groups in total. The Balaban J connectivity index is 1.94. The molecule has 0 fully saturated rings. The van der Waals surface area contributed by atoms with Crippen LogP contribution in [-0.4, -0.2) is 50.0 Å². The molecule has 2 aromatic carbocycles. The second-order valence-corrected chi connectivity index (χ2v) is 12.1. The van der Waals surface area contributed by atoms with Gasteiger partial charge in [0.1, 0.15) is 0 Å². The van der Waals surface area contributed by atoms with E-state index in [1.807, 2.05) is 18.4 Å². The molecule has 196 valence electrons. The second-order valence-electron chi connectivity index (χ2n) is 8.32. The Labute approximate surface area is 226 Å². The van der Waals surface area contributed by atoms with Crippen LogP contribution in [0.1, 0.15) is 49.9 Å². The lowest BCUT2D eigenvalue weighted by Gasteiger charge is -2.22. The summed E-state index contributed by atoms with van der Waals surface area (Å²) in [6, 6.07) is 9.40. The lowest BCUT2D eigenvalue weighted by Crippen LogP contribution is -2.33. The van der Waals surface area contributed by atoms with Crippen molar-refractivity contribution in [3.05, 3.63) is 56.8 Å². The number of hydrogen-bond donors (Lipinski definition) is 0. The highest BCUT2D eigenvalue weighted by molar-refractivity contribution is 7.89. The maximum Gasteiger partial charge on any atom is 0.279 e. The van der Waals surface area contributed by atoms with Crippen LogP contribution >= 0.6 is 34.5 Å². The van der Waals surface area contributed by atoms with Gasteiger partial charge in [0, 0.05) is 37.3 Å². The van der Waals surface area contributed by atoms with Gasteiger partial charge in [0.25, 0.3) is 5.91 Å². The van der Waals surface area contributed by atoms with Crippen molar-refractivity contribution < 1.29 is 17.9 Å². The van der Waals surface area contributed by atoms with Crippen LogP contribution in [0.25, 0.3) is 10.2 Å². The predicted molar refractivity (Wildman–Crippen MR) is 147 cm³/mol. The largest absolute Gasteiger partial charge is 0.383 e. The molecule has 0 aliphatic heterocycles. The Morgan fingerprint density at radius 3 is 2.31 bits per heavy atom. The lowest BCUT2D eigenvalue weighted by molar-refractivity contribution is 0.0997. The summed E-state index contributed by atoms with van der Waals surface area (Å²) >= 11 is 13.9. The molecule has 0 atom stereocenters. The number of carbonyl (C=O) groups is 1. The van der Waals surface area contributed by atoms with Crippen LogP contribution in [0, 0.1) is 0 Å². The first-order valence-electron chi connectivity index (χ1n) is 11.9. The molecule has 0 saturated heterocycles. The van der Waals surface area contributed by atoms with E-state index < -0.39 is 15.9 Å². The third kappa shape index (κ3) is 6.76. The molecule has 3 rings (SSSR count). The van der Waals surface area contributed by atoms with Crippen molar-refractivity contribution in [2.45, 2.75) is 51.0 Å². The fourth-order valence-corrected chi connectivity index (χ4v) is 7.05. The minimum atomic E-state index is -3.64. The number of fused-ring (bicyclic) bond motifs is 1. The van der Waals surface area contributed by atoms with Crippen LogP contribution in [-0.2, 0) is 21.3 Å². The topological polar surface area (TPSA) is 81.0 Å². The summed E-state index contributed by atoms with van der Waals surface area (Å²) in [4.78, 5) is 18.0. The number of hydrogen-bond acceptors (Lipinski definition) is 5. The SMILES string of the molecule is CCCCN(CCCC)S(=O)(=O)c1ccc(C(=O)N=c2sc3cc(Cl)cc(Cl)c3n2CCOC)cc1. The van der Waals surface area contributed by atoms with Crippen molar-refractivity contribution in [3.8, 4) is 0 Å². The maximum absolute atomic E-state index is 13.2. The number of nitrogens with zero attached hydrogens (tertiary/aromatic N) is 3. The fraction of sp³-hybridized carbons (Fsp3) is 0.440. The first kappa shape index (κ1) is 28.8. The molecule has 1 amide bonds. The minimum absolute atomic E-state index is 0.171. The highest BCUT2D eigenvalue weighted by Gasteiger charge is 2.24. The lowest BCUT2D eigenvalue weighted by atomic mass is 10.2. The quantitative estimate of drug-likeness (QED) is 0.267. The molecule has 0 unspecified atom stereocenters. The number of benzene rings is 2. The average Bonchev–Trinajstić information content (AvgIpc) is 3.19. The summed E-state index contributed by atoms with van der Waals surface area (Å²) in [5, 5.41) is 0.957. The zero-order valence-electron chi connectivity index (χ0n) is 20.7. The van der Waals surface area contributed by atoms with Crippen molar-refractivity contribution in [2.24, 2.45) is 4.99 Å². The maximum atomic E-state index is 13.2. The van der Waals surface area contributed by atoms with Gasteiger partial charge in [0.15, 0.2) is 4.80 Å². The molecule has 11 heteroatoms. The molecular weight excluding hydrogens is 541 g/mol. The highest BCUT2D eigenvalue weighted by atomic mass is 35.5. The van der Waals surface area contributed by atoms with Gasteiger partial charge in [-0.05, 0) is 49.2 Å². The van der Waals surface area contributed by atoms with Gasteiger partial charge in [0.2, 0.25) is 10.0 Å². The van der Waals surface area contributed by atoms with Crippen molar-refractivity contribution in [3.63, 3.8) is 0 Å². The van der Waals surface area contributed by atoms with Crippen LogP contribution in [0.3, 0.4) is 0 Å². The molecule has 7 nitrogen and oxygen atoms in total. The summed E-state index contributed by atoms with van der Waals surface area (Å²) in [5.74, 6) is -0.479. The predicted octanol–water partition coefficient (Wildman–Crippen LogP) is 5.99. The molecule has 0 bridgehead atoms. The molecule has 36 heavy (non-hydrogen) atoms. The van der Waals surface area contributed by atoms with Crippen molar-refractivity contribution in [2.75, 3.05) is 26.8 Å². The summed E-state index contributed by atoms with van der Waals surface area (Å²) in [7, 11) is -2.05. The molecule has 0 aliphatic rings. The van der Waals surface area contributed by atoms with Gasteiger partial charge in [-0.2, -0.15) is 9.30 Å². The molecule has 1 aromatic heterocycles. The molecule has 3 aromatic rings. The summed E-state index contributed by atoms with van der Waals surface area (Å²) in [6.45, 7) is 5.89. The van der Waals surface area contributed by atoms with Crippen LogP contribution in [0.15, 0.2) is 46.3 Å². The van der Waals surface area contributed by atoms with Gasteiger partial charge in [-0.25, -0.2) is 8.42 Å². The Kier molecular flexibility index (Phi) is 10.5. The molecule has 0 spiro atoms. The van der Waals surface area contributed by atoms with E-state index in [0.29, 0.717) is 46.7 Å². The molecular formula is C25H31Cl2N3O4S2. The molecule has 0 radical (unpaired) electrons. The number of sulfonamides is 1. The van der Waals surface area contributed by atoms with Gasteiger partial charge in [-0.3, -0.25) is 4.79 Å². The number of aromatic nitrogens is 1. The third-order valence-corrected chi connectivity index (χ3v) is 9.12. The first-order chi connectivity index (χ1) is 17.2. The van der Waals surface area contributed by atoms with Crippen molar-refractivity contribution in [1.82, 2.24) is 8.87 Å². The third-order valence-electron chi connectivity index (χ3n) is 5.67. The fourth-order valence-electron chi connectivity index (χ4n) is 3.70. The molecule has 1 heterocycles. The van der Waals surface area contributed by atoms with E-state index in [1.165, 1.54) is 39.9 Å². The average molecular weight is 573 g/mol. The first-order valence-corrected chi connectivity index (χ1v) is 14.9. The van der Waals surface area contributed by atoms with Gasteiger partial charge in [-0.1, -0.05) is 61.2 Å². The number of thiazole rings is 1. The molecule has 0 aliphatic carbocycles. The zero-order chi connectivity index (χ0) is 26.3. The number of amides is 1. The Morgan fingerprint density at radius 1 is 1.08 bits per heavy atom. The van der Waals surface area contributed by atoms with E-state index >= 15 is 0 Å². The van der Waals surface area contributed by atoms with Crippen LogP contribution in [0.5, 0.6) is 0 Å². The minimum Gasteiger partial charge on any atom is -0.383 e. The van der Waals surface area contributed by atoms with E-state index in [2.05, 4.69) is 4.99 Å². The van der Waals surface area contributed by atoms with E-state index in [9.17, 15) is 13.2 Å². The van der Waals surface area contributed by atoms with Crippen LogP contribution in [0.4, 0.5) is 0 Å². The van der Waals surface area contributed by atoms with Crippen LogP contribution in [0.2, 0.25) is 10.0 Å². The summed E-state index contributed by atoms with van der Waals surface area (Å²) < 4.78 is 35.8. The van der Waals surface area contributed by atoms with Gasteiger partial charge in [0.05, 0.1) is 26.7 Å². The Morgan fingerprint density at radius 2 is 1.72 bits per heavy atom. The standard InChI is InChI=1S/C25H31Cl2N3O4S2/c1-4-6-12-29(13-7-5-2)36(32,33)20-10-8-18(9-11-20)24(31)28-25-30(14-15-34-3)23-21(27)16-19(26)17-22(23)35-25/h8-11,16-17H,4-7,12-15H2,1-3H3. The smallest absolute Gasteiger partial charge is 0.279 e. The molecule has 0 saturated carbocycles. The van der Waals surface area contributed by atoms with E-state index in [0.717, 1.165) is 35.9 Å². The number of unbranched alkanes of at least 4 members (excludes halogenated alkanes) is 2. The van der Waals surface area contributed by atoms with E-state index in [1.54, 1.807) is 19.2 Å². The Bertz CT molecular complexity index is 1360. The number of halogens is 2. The van der Waals surface area contributed by atoms with Gasteiger partial charge >= 0.3 is 0 Å². The van der Waals surface area contributed by atoms with Gasteiger partial charge in [-0.15, -0.1) is 0 Å². The van der Waals surface area contributed by atoms with Crippen molar-refractivity contribution >= 4 is 60.7 Å². The monoisotopic (exact) mass is 571 g/mol. The highest BCUT2D eigenvalue weighted by Crippen LogP contribution is 2.29. The number of ether oxygens (including phenoxy) is 1. The number of carbonyl (C=O) groups excluding carboxylic acids is 1. The zero-order valence-corrected chi connectivity index (χ0v) is 23.8. The van der Waals surface area contributed by atoms with E-state index in [4.69, 9.17) is 27.9 Å². The normalized spacial score (nSPS) is 12.7. The van der Waals surface area contributed by atoms with E-state index in [-0.39, 0.29) is 4.90 Å². The van der Waals surface area contributed by atoms with Gasteiger partial charge < -0.3 is 9.30 Å². The van der Waals surface area contributed by atoms with Crippen LogP contribution < -0.4 is 4.80 Å². The summed E-state index contributed by atoms with van der Waals surface area (Å²) in [6.07, 6.45) is 3.41.